The number of aromatic nitrogens is 1. The predicted octanol–water partition coefficient (Wildman–Crippen LogP) is -1.78. The lowest BCUT2D eigenvalue weighted by molar-refractivity contribution is -0.00100. The Balaban J connectivity index is 0.00000288. The van der Waals surface area contributed by atoms with Crippen molar-refractivity contribution in [2.45, 2.75) is 39.5 Å². The summed E-state index contributed by atoms with van der Waals surface area (Å²) in [5.74, 6) is 1.18. The molecule has 4 nitrogen and oxygen atoms in total. The highest BCUT2D eigenvalue weighted by molar-refractivity contribution is 6.32. The molecule has 0 saturated carbocycles. The van der Waals surface area contributed by atoms with Crippen LogP contribution in [0.25, 0.3) is 0 Å². The van der Waals surface area contributed by atoms with Crippen molar-refractivity contribution < 1.29 is 34.3 Å². The highest BCUT2D eigenvalue weighted by Gasteiger charge is 2.14. The number of hydrogen-bond acceptors (Lipinski definition) is 4. The van der Waals surface area contributed by atoms with E-state index in [0.717, 1.165) is 11.1 Å². The molecule has 0 aliphatic carbocycles. The summed E-state index contributed by atoms with van der Waals surface area (Å²) in [4.78, 5) is 4.07. The molecule has 7 heteroatoms. The number of nitrogens with zero attached hydrogens (tertiary/aromatic N) is 1. The summed E-state index contributed by atoms with van der Waals surface area (Å²) >= 11 is 6.38. The van der Waals surface area contributed by atoms with Crippen LogP contribution in [-0.2, 0) is 13.2 Å². The number of benzene rings is 1. The first-order chi connectivity index (χ1) is 10.9. The van der Waals surface area contributed by atoms with Crippen LogP contribution >= 0.6 is 11.6 Å². The Bertz CT molecular complexity index is 647. The summed E-state index contributed by atoms with van der Waals surface area (Å²) in [7, 11) is 1.61. The number of methoxy groups -OCH3 is 1. The lowest BCUT2D eigenvalue weighted by atomic mass is 10.1. The Morgan fingerprint density at radius 3 is 2.44 bits per heavy atom. The van der Waals surface area contributed by atoms with E-state index < -0.39 is 0 Å². The highest BCUT2D eigenvalue weighted by Crippen LogP contribution is 2.37. The van der Waals surface area contributed by atoms with Gasteiger partial charge in [0, 0.05) is 30.0 Å². The summed E-state index contributed by atoms with van der Waals surface area (Å²) in [6, 6.07) is 7.68. The molecule has 2 rings (SSSR count). The molecule has 1 aromatic heterocycles. The maximum absolute atomic E-state index is 6.38. The molecule has 0 aliphatic heterocycles. The van der Waals surface area contributed by atoms with Crippen molar-refractivity contribution in [3.63, 3.8) is 0 Å². The molecule has 0 aliphatic rings. The Morgan fingerprint density at radius 1 is 1.16 bits per heavy atom. The monoisotopic (exact) mass is 404 g/mol. The summed E-state index contributed by atoms with van der Waals surface area (Å²) in [6.07, 6.45) is 3.50. The molecule has 0 atom stereocenters. The van der Waals surface area contributed by atoms with Gasteiger partial charge in [0.05, 0.1) is 12.1 Å². The maximum atomic E-state index is 6.38. The van der Waals surface area contributed by atoms with Gasteiger partial charge in [0.2, 0.25) is 0 Å². The van der Waals surface area contributed by atoms with Gasteiger partial charge in [-0.15, -0.1) is 0 Å². The first kappa shape index (κ1) is 23.8. The molecule has 2 aromatic rings. The van der Waals surface area contributed by atoms with Crippen LogP contribution in [0.15, 0.2) is 36.7 Å². The molecule has 1 N–H and O–H groups in total. The Morgan fingerprint density at radius 2 is 1.88 bits per heavy atom. The van der Waals surface area contributed by atoms with E-state index in [0.29, 0.717) is 29.7 Å². The first-order valence-electron chi connectivity index (χ1n) is 7.52. The van der Waals surface area contributed by atoms with Gasteiger partial charge in [0.25, 0.3) is 0 Å². The van der Waals surface area contributed by atoms with E-state index in [1.54, 1.807) is 19.5 Å². The smallest absolute Gasteiger partial charge is 0.180 e. The second kappa shape index (κ2) is 10.7. The number of ether oxygens (including phenoxy) is 2. The average molecular weight is 406 g/mol. The van der Waals surface area contributed by atoms with Crippen LogP contribution in [0.2, 0.25) is 5.02 Å². The Labute approximate surface area is 167 Å². The van der Waals surface area contributed by atoms with Crippen molar-refractivity contribution >= 4 is 11.6 Å². The second-order valence-electron chi connectivity index (χ2n) is 6.36. The van der Waals surface area contributed by atoms with E-state index in [2.05, 4.69) is 31.1 Å². The molecule has 0 spiro atoms. The van der Waals surface area contributed by atoms with Crippen LogP contribution in [0.1, 0.15) is 31.9 Å². The lowest BCUT2D eigenvalue weighted by Gasteiger charge is -2.21. The van der Waals surface area contributed by atoms with Crippen LogP contribution in [-0.4, -0.2) is 17.6 Å². The minimum Gasteiger partial charge on any atom is -1.00 e. The quantitative estimate of drug-likeness (QED) is 0.617. The normalized spacial score (nSPS) is 10.4. The Hall–Kier alpha value is -1.20. The minimum absolute atomic E-state index is 0. The van der Waals surface area contributed by atoms with Crippen molar-refractivity contribution in [2.75, 3.05) is 7.11 Å². The molecule has 0 bridgehead atoms. The van der Waals surface area contributed by atoms with E-state index >= 15 is 0 Å². The zero-order valence-corrected chi connectivity index (χ0v) is 17.0. The van der Waals surface area contributed by atoms with Crippen LogP contribution in [0.5, 0.6) is 11.5 Å². The fraction of sp³-hybridized carbons (Fsp3) is 0.389. The SMILES string of the molecule is COc1cc(CNC(C)(C)C)cc(Cl)c1OCc1cccnc1.[Cl-].[Cl-]. The van der Waals surface area contributed by atoms with Crippen LogP contribution in [0.3, 0.4) is 0 Å². The maximum Gasteiger partial charge on any atom is 0.180 e. The van der Waals surface area contributed by atoms with Gasteiger partial charge in [-0.25, -0.2) is 0 Å². The van der Waals surface area contributed by atoms with Crippen molar-refractivity contribution in [3.8, 4) is 11.5 Å². The molecule has 140 valence electrons. The van der Waals surface area contributed by atoms with Crippen molar-refractivity contribution in [1.29, 1.82) is 0 Å². The molecule has 0 radical (unpaired) electrons. The zero-order valence-electron chi connectivity index (χ0n) is 14.8. The zero-order chi connectivity index (χ0) is 16.9. The minimum atomic E-state index is 0. The van der Waals surface area contributed by atoms with E-state index in [1.165, 1.54) is 0 Å². The van der Waals surface area contributed by atoms with Gasteiger partial charge < -0.3 is 39.6 Å². The molecule has 0 amide bonds. The van der Waals surface area contributed by atoms with E-state index in [9.17, 15) is 0 Å². The molecule has 1 aromatic carbocycles. The third-order valence-corrected chi connectivity index (χ3v) is 3.50. The van der Waals surface area contributed by atoms with Gasteiger partial charge in [-0.1, -0.05) is 17.7 Å². The molecular weight excluding hydrogens is 383 g/mol. The lowest BCUT2D eigenvalue weighted by Crippen LogP contribution is -3.00. The van der Waals surface area contributed by atoms with E-state index in [-0.39, 0.29) is 30.4 Å². The van der Waals surface area contributed by atoms with Crippen LogP contribution in [0.4, 0.5) is 0 Å². The summed E-state index contributed by atoms with van der Waals surface area (Å²) in [5.41, 5.74) is 2.06. The van der Waals surface area contributed by atoms with Gasteiger partial charge in [-0.2, -0.15) is 0 Å². The van der Waals surface area contributed by atoms with Crippen LogP contribution < -0.4 is 39.6 Å². The van der Waals surface area contributed by atoms with Crippen molar-refractivity contribution in [1.82, 2.24) is 10.3 Å². The van der Waals surface area contributed by atoms with Crippen LogP contribution in [0, 0.1) is 0 Å². The molecule has 0 unspecified atom stereocenters. The summed E-state index contributed by atoms with van der Waals surface area (Å²) < 4.78 is 11.3. The van der Waals surface area contributed by atoms with E-state index in [1.807, 2.05) is 24.3 Å². The molecule has 0 saturated heterocycles. The largest absolute Gasteiger partial charge is 1.00 e. The fourth-order valence-electron chi connectivity index (χ4n) is 2.02. The fourth-order valence-corrected chi connectivity index (χ4v) is 2.31. The number of hydrogen-bond donors (Lipinski definition) is 1. The third-order valence-electron chi connectivity index (χ3n) is 3.22. The van der Waals surface area contributed by atoms with Crippen molar-refractivity contribution in [3.05, 3.63) is 52.8 Å². The second-order valence-corrected chi connectivity index (χ2v) is 6.77. The van der Waals surface area contributed by atoms with Gasteiger partial charge in [0.1, 0.15) is 6.61 Å². The van der Waals surface area contributed by atoms with Gasteiger partial charge in [-0.05, 0) is 44.5 Å². The number of halogens is 3. The number of pyridine rings is 1. The van der Waals surface area contributed by atoms with E-state index in [4.69, 9.17) is 21.1 Å². The molecule has 0 fully saturated rings. The average Bonchev–Trinajstić information content (AvgIpc) is 2.51. The number of rotatable bonds is 6. The molecule has 1 heterocycles. The Kier molecular flexibility index (Phi) is 10.2. The third kappa shape index (κ3) is 7.70. The molecule has 25 heavy (non-hydrogen) atoms. The van der Waals surface area contributed by atoms with Gasteiger partial charge >= 0.3 is 0 Å². The first-order valence-corrected chi connectivity index (χ1v) is 7.90. The standard InChI is InChI=1S/C18H23ClN2O2.2ClH/c1-18(2,3)21-11-14-8-15(19)17(16(9-14)22-4)23-12-13-6-5-7-20-10-13;;/h5-10,21H,11-12H2,1-4H3;2*1H/p-2. The highest BCUT2D eigenvalue weighted by atomic mass is 35.5. The van der Waals surface area contributed by atoms with Crippen molar-refractivity contribution in [2.24, 2.45) is 0 Å². The number of nitrogens with one attached hydrogen (secondary N) is 1. The topological polar surface area (TPSA) is 43.4 Å². The summed E-state index contributed by atoms with van der Waals surface area (Å²) in [6.45, 7) is 7.47. The van der Waals surface area contributed by atoms with Gasteiger partial charge in [0.15, 0.2) is 11.5 Å². The summed E-state index contributed by atoms with van der Waals surface area (Å²) in [5, 5.41) is 3.97. The molecular formula is C18H23Cl3N2O2-2. The predicted molar refractivity (Wildman–Crippen MR) is 93.2 cm³/mol. The van der Waals surface area contributed by atoms with Gasteiger partial charge in [-0.3, -0.25) is 4.98 Å².